The fraction of sp³-hybridized carbons (Fsp3) is 0.185. The Morgan fingerprint density at radius 2 is 2.00 bits per heavy atom. The molecule has 12 heteroatoms. The van der Waals surface area contributed by atoms with Gasteiger partial charge in [0, 0.05) is 33.3 Å². The number of nitrogens with one attached hydrogen (secondary N) is 3. The molecule has 0 aliphatic rings. The van der Waals surface area contributed by atoms with Crippen molar-refractivity contribution in [3.63, 3.8) is 0 Å². The van der Waals surface area contributed by atoms with Crippen LogP contribution in [0.5, 0.6) is 0 Å². The largest absolute Gasteiger partial charge is 0.462 e. The smallest absolute Gasteiger partial charge is 0.323 e. The van der Waals surface area contributed by atoms with Crippen molar-refractivity contribution in [2.24, 2.45) is 0 Å². The molecule has 3 aromatic heterocycles. The molecule has 0 spiro atoms. The molecule has 2 aromatic carbocycles. The van der Waals surface area contributed by atoms with E-state index >= 15 is 0 Å². The Morgan fingerprint density at radius 1 is 1.13 bits per heavy atom. The minimum Gasteiger partial charge on any atom is -0.462 e. The Kier molecular flexibility index (Phi) is 8.22. The summed E-state index contributed by atoms with van der Waals surface area (Å²) in [5.74, 6) is -0.963. The number of H-pyrrole nitrogens is 1. The number of amides is 1. The average molecular weight is 612 g/mol. The number of benzene rings is 2. The topological polar surface area (TPSA) is 123 Å². The Labute approximate surface area is 236 Å². The van der Waals surface area contributed by atoms with E-state index in [0.717, 1.165) is 38.9 Å². The van der Waals surface area contributed by atoms with E-state index in [-0.39, 0.29) is 23.8 Å². The first-order valence-corrected chi connectivity index (χ1v) is 13.2. The van der Waals surface area contributed by atoms with Crippen LogP contribution in [0.1, 0.15) is 22.8 Å². The number of aromatic nitrogens is 4. The summed E-state index contributed by atoms with van der Waals surface area (Å²) in [4.78, 5) is 38.4. The minimum absolute atomic E-state index is 0.0120. The number of hydrogen-bond donors (Lipinski definition) is 3. The van der Waals surface area contributed by atoms with E-state index in [4.69, 9.17) is 26.2 Å². The highest BCUT2D eigenvalue weighted by atomic mass is 79.9. The molecule has 0 bridgehead atoms. The fourth-order valence-corrected chi connectivity index (χ4v) is 4.40. The number of aromatic amines is 1. The van der Waals surface area contributed by atoms with Gasteiger partial charge in [-0.3, -0.25) is 29.2 Å². The number of ether oxygens (including phenoxy) is 1. The van der Waals surface area contributed by atoms with Gasteiger partial charge in [-0.1, -0.05) is 29.8 Å². The summed E-state index contributed by atoms with van der Waals surface area (Å²) in [5, 5.41) is 4.64. The normalized spacial score (nSPS) is 12.1. The lowest BCUT2D eigenvalue weighted by atomic mass is 10.1. The van der Waals surface area contributed by atoms with E-state index in [1.165, 1.54) is 0 Å². The number of hydrogen-bond acceptors (Lipinski definition) is 7. The first-order valence-electron chi connectivity index (χ1n) is 12.1. The first-order chi connectivity index (χ1) is 18.9. The van der Waals surface area contributed by atoms with Crippen LogP contribution in [0.3, 0.4) is 0 Å². The van der Waals surface area contributed by atoms with Crippen LogP contribution in [0, 0.1) is 0 Å². The Morgan fingerprint density at radius 3 is 2.82 bits per heavy atom. The van der Waals surface area contributed by atoms with Gasteiger partial charge in [0.15, 0.2) is 5.65 Å². The third-order valence-electron chi connectivity index (χ3n) is 6.02. The molecular formula is C27H24BrClN6O4. The molecule has 0 saturated carbocycles. The van der Waals surface area contributed by atoms with Crippen LogP contribution in [0.4, 0.5) is 0 Å². The molecule has 3 heterocycles. The zero-order valence-corrected chi connectivity index (χ0v) is 23.1. The van der Waals surface area contributed by atoms with Gasteiger partial charge in [0.1, 0.15) is 19.3 Å². The third kappa shape index (κ3) is 6.12. The Hall–Kier alpha value is -3.77. The van der Waals surface area contributed by atoms with Crippen molar-refractivity contribution in [1.29, 1.82) is 0 Å². The standard InChI is InChI=1S/C27H24BrClN6O4/c1-16(32-28)27(37)38-11-12-39-34-26(36)20-6-5-19(14-21(20)29)23-8-9-24-25(31-23)35(33-24)15-17-4-7-22-18(13-17)3-2-10-30-22/h2-10,13-14,16,32-33H,11-12,15H2,1H3,(H,34,36)/t16-/m0/s1. The van der Waals surface area contributed by atoms with Crippen LogP contribution in [0.2, 0.25) is 5.02 Å². The summed E-state index contributed by atoms with van der Waals surface area (Å²) in [6, 6.07) is 18.6. The summed E-state index contributed by atoms with van der Waals surface area (Å²) in [7, 11) is 0. The van der Waals surface area contributed by atoms with Crippen molar-refractivity contribution in [3.8, 4) is 11.3 Å². The molecular weight excluding hydrogens is 588 g/mol. The third-order valence-corrected chi connectivity index (χ3v) is 7.02. The molecule has 1 amide bonds. The monoisotopic (exact) mass is 610 g/mol. The van der Waals surface area contributed by atoms with E-state index in [1.54, 1.807) is 31.3 Å². The van der Waals surface area contributed by atoms with E-state index in [2.05, 4.69) is 48.2 Å². The molecule has 10 nitrogen and oxygen atoms in total. The molecule has 3 N–H and O–H groups in total. The molecule has 0 radical (unpaired) electrons. The molecule has 0 aliphatic carbocycles. The van der Waals surface area contributed by atoms with E-state index in [9.17, 15) is 9.59 Å². The number of nitrogens with zero attached hydrogens (tertiary/aromatic N) is 3. The van der Waals surface area contributed by atoms with Crippen molar-refractivity contribution >= 4 is 61.7 Å². The Balaban J connectivity index is 1.22. The number of carbonyl (C=O) groups is 2. The van der Waals surface area contributed by atoms with Crippen molar-refractivity contribution in [2.45, 2.75) is 19.5 Å². The molecule has 5 rings (SSSR count). The van der Waals surface area contributed by atoms with Gasteiger partial charge in [0.05, 0.1) is 33.9 Å². The lowest BCUT2D eigenvalue weighted by Gasteiger charge is -2.17. The Bertz CT molecular complexity index is 1650. The predicted molar refractivity (Wildman–Crippen MR) is 151 cm³/mol. The summed E-state index contributed by atoms with van der Waals surface area (Å²) in [6.45, 7) is 2.25. The van der Waals surface area contributed by atoms with Gasteiger partial charge in [-0.25, -0.2) is 14.8 Å². The molecule has 0 aliphatic heterocycles. The van der Waals surface area contributed by atoms with E-state index < -0.39 is 17.9 Å². The SMILES string of the molecule is C[C@H](NBr)C(=O)OCCONC(=O)c1ccc(-c2ccc3[nH]n(Cc4ccc5ncccc5c4)c3n2)cc1Cl. The lowest BCUT2D eigenvalue weighted by molar-refractivity contribution is -0.147. The molecule has 0 unspecified atom stereocenters. The number of pyridine rings is 2. The van der Waals surface area contributed by atoms with Crippen LogP contribution < -0.4 is 9.82 Å². The molecule has 200 valence electrons. The van der Waals surface area contributed by atoms with Gasteiger partial charge < -0.3 is 4.74 Å². The second kappa shape index (κ2) is 12.0. The lowest BCUT2D eigenvalue weighted by Crippen LogP contribution is -2.31. The van der Waals surface area contributed by atoms with Gasteiger partial charge in [-0.15, -0.1) is 0 Å². The highest BCUT2D eigenvalue weighted by Gasteiger charge is 2.15. The maximum absolute atomic E-state index is 12.5. The maximum atomic E-state index is 12.5. The van der Waals surface area contributed by atoms with Gasteiger partial charge in [0.25, 0.3) is 5.91 Å². The fourth-order valence-electron chi connectivity index (χ4n) is 3.95. The number of halogens is 2. The highest BCUT2D eigenvalue weighted by Crippen LogP contribution is 2.27. The molecule has 39 heavy (non-hydrogen) atoms. The van der Waals surface area contributed by atoms with Gasteiger partial charge in [-0.2, -0.15) is 0 Å². The summed E-state index contributed by atoms with van der Waals surface area (Å²) in [6.07, 6.45) is 1.78. The average Bonchev–Trinajstić information content (AvgIpc) is 2.94. The highest BCUT2D eigenvalue weighted by molar-refractivity contribution is 9.08. The zero-order chi connectivity index (χ0) is 27.4. The maximum Gasteiger partial charge on any atom is 0.323 e. The number of carbonyl (C=O) groups excluding carboxylic acids is 2. The van der Waals surface area contributed by atoms with Crippen LogP contribution >= 0.6 is 27.7 Å². The number of esters is 1. The van der Waals surface area contributed by atoms with Crippen LogP contribution in [0.15, 0.2) is 66.9 Å². The van der Waals surface area contributed by atoms with Crippen molar-refractivity contribution < 1.29 is 19.2 Å². The van der Waals surface area contributed by atoms with Crippen LogP contribution in [0.25, 0.3) is 33.3 Å². The minimum atomic E-state index is -0.514. The summed E-state index contributed by atoms with van der Waals surface area (Å²) in [5.41, 5.74) is 7.89. The van der Waals surface area contributed by atoms with E-state index in [1.807, 2.05) is 35.0 Å². The molecule has 0 saturated heterocycles. The van der Waals surface area contributed by atoms with Crippen LogP contribution in [-0.2, 0) is 20.9 Å². The number of rotatable bonds is 10. The quantitative estimate of drug-likeness (QED) is 0.0900. The summed E-state index contributed by atoms with van der Waals surface area (Å²) < 4.78 is 9.57. The second-order valence-electron chi connectivity index (χ2n) is 8.77. The second-order valence-corrected chi connectivity index (χ2v) is 9.63. The molecule has 1 atom stereocenters. The van der Waals surface area contributed by atoms with Gasteiger partial charge in [-0.05, 0) is 55.0 Å². The summed E-state index contributed by atoms with van der Waals surface area (Å²) >= 11 is 9.40. The van der Waals surface area contributed by atoms with Crippen LogP contribution in [-0.4, -0.2) is 50.9 Å². The number of fused-ring (bicyclic) bond motifs is 2. The molecule has 0 fully saturated rings. The van der Waals surface area contributed by atoms with Crippen molar-refractivity contribution in [3.05, 3.63) is 83.0 Å². The zero-order valence-electron chi connectivity index (χ0n) is 20.8. The number of hydroxylamine groups is 1. The molecule has 5 aromatic rings. The van der Waals surface area contributed by atoms with Crippen molar-refractivity contribution in [1.82, 2.24) is 29.6 Å². The van der Waals surface area contributed by atoms with Gasteiger partial charge >= 0.3 is 5.97 Å². The van der Waals surface area contributed by atoms with E-state index in [0.29, 0.717) is 6.54 Å². The predicted octanol–water partition coefficient (Wildman–Crippen LogP) is 4.77. The first kappa shape index (κ1) is 26.8. The van der Waals surface area contributed by atoms with Crippen molar-refractivity contribution in [2.75, 3.05) is 13.2 Å². The van der Waals surface area contributed by atoms with Gasteiger partial charge in [0.2, 0.25) is 0 Å².